The van der Waals surface area contributed by atoms with Gasteiger partial charge >= 0.3 is 0 Å². The van der Waals surface area contributed by atoms with Gasteiger partial charge in [0.15, 0.2) is 10.2 Å². The second kappa shape index (κ2) is 4.42. The van der Waals surface area contributed by atoms with E-state index in [1.807, 2.05) is 6.92 Å². The van der Waals surface area contributed by atoms with Gasteiger partial charge in [0.2, 0.25) is 5.91 Å². The number of carbonyl (C=O) groups is 1. The van der Waals surface area contributed by atoms with Gasteiger partial charge in [0, 0.05) is 0 Å². The van der Waals surface area contributed by atoms with Crippen LogP contribution < -0.4 is 5.73 Å². The van der Waals surface area contributed by atoms with Crippen molar-refractivity contribution in [2.24, 2.45) is 5.73 Å². The van der Waals surface area contributed by atoms with Crippen LogP contribution in [0.2, 0.25) is 0 Å². The summed E-state index contributed by atoms with van der Waals surface area (Å²) in [4.78, 5) is 14.6. The summed E-state index contributed by atoms with van der Waals surface area (Å²) in [6, 6.07) is 0. The highest BCUT2D eigenvalue weighted by molar-refractivity contribution is 8.00. The number of hydrogen-bond donors (Lipinski definition) is 1. The summed E-state index contributed by atoms with van der Waals surface area (Å²) in [6.45, 7) is 2.04. The standard InChI is InChI=1S/C6H9N3OS2/c1-2-11-6-8-5(9-12-6)3-4(7)10/h2-3H2,1H3,(H2,7,10). The van der Waals surface area contributed by atoms with Gasteiger partial charge in [-0.25, -0.2) is 4.98 Å². The third-order valence-electron chi connectivity index (χ3n) is 1.05. The highest BCUT2D eigenvalue weighted by Gasteiger charge is 2.05. The largest absolute Gasteiger partial charge is 0.369 e. The van der Waals surface area contributed by atoms with Gasteiger partial charge in [0.25, 0.3) is 0 Å². The first-order valence-corrected chi connectivity index (χ1v) is 5.22. The summed E-state index contributed by atoms with van der Waals surface area (Å²) in [5.74, 6) is 1.11. The molecule has 1 heterocycles. The highest BCUT2D eigenvalue weighted by atomic mass is 32.2. The fraction of sp³-hybridized carbons (Fsp3) is 0.500. The Balaban J connectivity index is 2.58. The predicted molar refractivity (Wildman–Crippen MR) is 49.2 cm³/mol. The molecule has 1 amide bonds. The molecule has 0 radical (unpaired) electrons. The lowest BCUT2D eigenvalue weighted by Crippen LogP contribution is -2.14. The van der Waals surface area contributed by atoms with Crippen LogP contribution >= 0.6 is 23.3 Å². The Morgan fingerprint density at radius 2 is 2.50 bits per heavy atom. The first-order chi connectivity index (χ1) is 5.72. The van der Waals surface area contributed by atoms with E-state index in [0.29, 0.717) is 5.82 Å². The third-order valence-corrected chi connectivity index (χ3v) is 2.80. The predicted octanol–water partition coefficient (Wildman–Crippen LogP) is 0.678. The molecule has 0 aliphatic rings. The van der Waals surface area contributed by atoms with Gasteiger partial charge in [-0.15, -0.1) is 0 Å². The summed E-state index contributed by atoms with van der Waals surface area (Å²) < 4.78 is 4.88. The molecule has 12 heavy (non-hydrogen) atoms. The van der Waals surface area contributed by atoms with Crippen molar-refractivity contribution in [3.8, 4) is 0 Å². The molecule has 0 aliphatic carbocycles. The van der Waals surface area contributed by atoms with E-state index in [9.17, 15) is 4.79 Å². The number of nitrogens with two attached hydrogens (primary N) is 1. The molecule has 0 unspecified atom stereocenters. The summed E-state index contributed by atoms with van der Waals surface area (Å²) in [6.07, 6.45) is 0.140. The van der Waals surface area contributed by atoms with Crippen LogP contribution in [0.4, 0.5) is 0 Å². The molecular formula is C6H9N3OS2. The maximum Gasteiger partial charge on any atom is 0.225 e. The van der Waals surface area contributed by atoms with E-state index in [1.54, 1.807) is 11.8 Å². The molecule has 0 aliphatic heterocycles. The first kappa shape index (κ1) is 9.47. The van der Waals surface area contributed by atoms with Crippen molar-refractivity contribution >= 4 is 29.2 Å². The number of thioether (sulfide) groups is 1. The minimum absolute atomic E-state index is 0.140. The summed E-state index contributed by atoms with van der Waals surface area (Å²) in [7, 11) is 0. The fourth-order valence-corrected chi connectivity index (χ4v) is 2.18. The van der Waals surface area contributed by atoms with Gasteiger partial charge in [-0.2, -0.15) is 4.37 Å². The number of primary amides is 1. The van der Waals surface area contributed by atoms with E-state index >= 15 is 0 Å². The molecule has 0 saturated carbocycles. The molecule has 1 aromatic heterocycles. The van der Waals surface area contributed by atoms with Crippen molar-refractivity contribution in [2.45, 2.75) is 17.7 Å². The van der Waals surface area contributed by atoms with Crippen LogP contribution in [0.25, 0.3) is 0 Å². The van der Waals surface area contributed by atoms with Gasteiger partial charge in [0.1, 0.15) is 0 Å². The van der Waals surface area contributed by atoms with Crippen molar-refractivity contribution in [3.63, 3.8) is 0 Å². The smallest absolute Gasteiger partial charge is 0.225 e. The highest BCUT2D eigenvalue weighted by Crippen LogP contribution is 2.19. The van der Waals surface area contributed by atoms with Crippen LogP contribution in [0.1, 0.15) is 12.7 Å². The summed E-state index contributed by atoms with van der Waals surface area (Å²) in [5.41, 5.74) is 4.99. The molecule has 2 N–H and O–H groups in total. The van der Waals surface area contributed by atoms with E-state index in [1.165, 1.54) is 11.5 Å². The molecule has 4 nitrogen and oxygen atoms in total. The Morgan fingerprint density at radius 1 is 1.75 bits per heavy atom. The molecule has 6 heteroatoms. The van der Waals surface area contributed by atoms with E-state index in [-0.39, 0.29) is 12.3 Å². The molecule has 0 bridgehead atoms. The van der Waals surface area contributed by atoms with Crippen LogP contribution in [0.5, 0.6) is 0 Å². The minimum Gasteiger partial charge on any atom is -0.369 e. The van der Waals surface area contributed by atoms with E-state index in [2.05, 4.69) is 9.36 Å². The monoisotopic (exact) mass is 203 g/mol. The maximum atomic E-state index is 10.5. The van der Waals surface area contributed by atoms with E-state index in [4.69, 9.17) is 5.73 Å². The number of amides is 1. The molecule has 0 fully saturated rings. The molecule has 0 atom stereocenters. The number of nitrogens with zero attached hydrogens (tertiary/aromatic N) is 2. The molecule has 1 aromatic rings. The van der Waals surface area contributed by atoms with Crippen molar-refractivity contribution in [2.75, 3.05) is 5.75 Å². The third kappa shape index (κ3) is 2.78. The van der Waals surface area contributed by atoms with Gasteiger partial charge in [-0.1, -0.05) is 18.7 Å². The number of carbonyl (C=O) groups excluding carboxylic acids is 1. The van der Waals surface area contributed by atoms with Crippen molar-refractivity contribution in [1.82, 2.24) is 9.36 Å². The Morgan fingerprint density at radius 3 is 3.08 bits per heavy atom. The quantitative estimate of drug-likeness (QED) is 0.730. The molecule has 0 saturated heterocycles. The van der Waals surface area contributed by atoms with Gasteiger partial charge in [0.05, 0.1) is 6.42 Å². The Labute approximate surface area is 78.7 Å². The van der Waals surface area contributed by atoms with E-state index < -0.39 is 0 Å². The SMILES string of the molecule is CCSc1nc(CC(N)=O)ns1. The second-order valence-electron chi connectivity index (χ2n) is 2.05. The lowest BCUT2D eigenvalue weighted by atomic mass is 10.4. The topological polar surface area (TPSA) is 68.9 Å². The number of hydrogen-bond acceptors (Lipinski definition) is 5. The van der Waals surface area contributed by atoms with Crippen molar-refractivity contribution in [1.29, 1.82) is 0 Å². The van der Waals surface area contributed by atoms with Crippen LogP contribution in [-0.4, -0.2) is 21.0 Å². The van der Waals surface area contributed by atoms with Gasteiger partial charge in [-0.3, -0.25) is 4.79 Å². The number of aromatic nitrogens is 2. The van der Waals surface area contributed by atoms with E-state index in [0.717, 1.165) is 10.1 Å². The fourth-order valence-electron chi connectivity index (χ4n) is 0.648. The summed E-state index contributed by atoms with van der Waals surface area (Å²) >= 11 is 2.93. The molecule has 66 valence electrons. The average molecular weight is 203 g/mol. The zero-order chi connectivity index (χ0) is 8.97. The zero-order valence-electron chi connectivity index (χ0n) is 6.61. The minimum atomic E-state index is -0.388. The van der Waals surface area contributed by atoms with Crippen molar-refractivity contribution < 1.29 is 4.79 Å². The van der Waals surface area contributed by atoms with Crippen LogP contribution in [0.3, 0.4) is 0 Å². The molecule has 0 aromatic carbocycles. The Bertz CT molecular complexity index is 274. The number of rotatable bonds is 4. The first-order valence-electron chi connectivity index (χ1n) is 3.46. The van der Waals surface area contributed by atoms with Gasteiger partial charge in [-0.05, 0) is 17.3 Å². The molecule has 0 spiro atoms. The van der Waals surface area contributed by atoms with Crippen molar-refractivity contribution in [3.05, 3.63) is 5.82 Å². The summed E-state index contributed by atoms with van der Waals surface area (Å²) in [5, 5.41) is 0. The average Bonchev–Trinajstić information content (AvgIpc) is 2.36. The second-order valence-corrected chi connectivity index (χ2v) is 4.32. The molecular weight excluding hydrogens is 194 g/mol. The lowest BCUT2D eigenvalue weighted by molar-refractivity contribution is -0.117. The van der Waals surface area contributed by atoms with Crippen LogP contribution in [-0.2, 0) is 11.2 Å². The zero-order valence-corrected chi connectivity index (χ0v) is 8.24. The maximum absolute atomic E-state index is 10.5. The van der Waals surface area contributed by atoms with Gasteiger partial charge < -0.3 is 5.73 Å². The lowest BCUT2D eigenvalue weighted by Gasteiger charge is -1.87. The Kier molecular flexibility index (Phi) is 3.48. The normalized spacial score (nSPS) is 10.1. The van der Waals surface area contributed by atoms with Crippen LogP contribution in [0.15, 0.2) is 4.34 Å². The molecule has 1 rings (SSSR count). The van der Waals surface area contributed by atoms with Crippen LogP contribution in [0, 0.1) is 0 Å². The Hall–Kier alpha value is -0.620.